The molecule has 0 aliphatic carbocycles. The molecule has 10 heavy (non-hydrogen) atoms. The van der Waals surface area contributed by atoms with Crippen LogP contribution in [0.1, 0.15) is 0 Å². The van der Waals surface area contributed by atoms with Gasteiger partial charge in [0.2, 0.25) is 0 Å². The highest BCUT2D eigenvalue weighted by Crippen LogP contribution is 2.18. The Kier molecular flexibility index (Phi) is 4.52. The summed E-state index contributed by atoms with van der Waals surface area (Å²) >= 11 is 15.7. The van der Waals surface area contributed by atoms with Crippen molar-refractivity contribution in [2.45, 2.75) is 0 Å². The van der Waals surface area contributed by atoms with Gasteiger partial charge in [0.25, 0.3) is 0 Å². The van der Waals surface area contributed by atoms with Crippen molar-refractivity contribution >= 4 is 40.8 Å². The summed E-state index contributed by atoms with van der Waals surface area (Å²) in [5.41, 5.74) is 0. The molecule has 5 heteroatoms. The third-order valence-electron chi connectivity index (χ3n) is 0.553. The van der Waals surface area contributed by atoms with Crippen molar-refractivity contribution in [3.05, 3.63) is 21.7 Å². The van der Waals surface area contributed by atoms with E-state index in [2.05, 4.69) is 0 Å². The van der Waals surface area contributed by atoms with E-state index < -0.39 is 5.97 Å². The molecule has 0 rings (SSSR count). The zero-order valence-corrected chi connectivity index (χ0v) is 6.91. The van der Waals surface area contributed by atoms with E-state index in [9.17, 15) is 4.79 Å². The number of carbonyl (C=O) groups is 1. The second-order valence-corrected chi connectivity index (χ2v) is 2.64. The predicted octanol–water partition coefficient (Wildman–Crippen LogP) is 2.51. The van der Waals surface area contributed by atoms with Crippen molar-refractivity contribution < 1.29 is 9.90 Å². The Morgan fingerprint density at radius 2 is 1.70 bits per heavy atom. The lowest BCUT2D eigenvalue weighted by Crippen LogP contribution is -1.85. The summed E-state index contributed by atoms with van der Waals surface area (Å²) in [7, 11) is 0. The van der Waals surface area contributed by atoms with Crippen LogP contribution in [0.25, 0.3) is 0 Å². The Balaban J connectivity index is 4.16. The van der Waals surface area contributed by atoms with Gasteiger partial charge >= 0.3 is 5.97 Å². The van der Waals surface area contributed by atoms with Crippen LogP contribution in [0.5, 0.6) is 0 Å². The smallest absolute Gasteiger partial charge is 0.328 e. The van der Waals surface area contributed by atoms with Gasteiger partial charge in [-0.2, -0.15) is 0 Å². The molecule has 0 unspecified atom stereocenters. The highest BCUT2D eigenvalue weighted by atomic mass is 35.5. The number of carboxylic acids is 1. The van der Waals surface area contributed by atoms with Crippen LogP contribution < -0.4 is 0 Å². The molecule has 0 atom stereocenters. The van der Waals surface area contributed by atoms with Gasteiger partial charge in [0.1, 0.15) is 4.49 Å². The van der Waals surface area contributed by atoms with E-state index in [-0.39, 0.29) is 9.52 Å². The lowest BCUT2D eigenvalue weighted by Gasteiger charge is -1.85. The summed E-state index contributed by atoms with van der Waals surface area (Å²) in [6.07, 6.45) is 1.94. The molecule has 56 valence electrons. The van der Waals surface area contributed by atoms with Crippen LogP contribution >= 0.6 is 34.8 Å². The highest BCUT2D eigenvalue weighted by molar-refractivity contribution is 6.59. The van der Waals surface area contributed by atoms with Crippen molar-refractivity contribution in [2.75, 3.05) is 0 Å². The Bertz CT molecular complexity index is 191. The van der Waals surface area contributed by atoms with Crippen LogP contribution in [0, 0.1) is 0 Å². The predicted molar refractivity (Wildman–Crippen MR) is 41.4 cm³/mol. The van der Waals surface area contributed by atoms with E-state index in [4.69, 9.17) is 39.9 Å². The van der Waals surface area contributed by atoms with Crippen LogP contribution in [-0.2, 0) is 4.79 Å². The quantitative estimate of drug-likeness (QED) is 0.550. The van der Waals surface area contributed by atoms with Crippen LogP contribution in [0.3, 0.4) is 0 Å². The molecule has 0 amide bonds. The highest BCUT2D eigenvalue weighted by Gasteiger charge is 1.93. The first-order chi connectivity index (χ1) is 4.54. The van der Waals surface area contributed by atoms with Gasteiger partial charge in [-0.3, -0.25) is 0 Å². The van der Waals surface area contributed by atoms with Crippen molar-refractivity contribution in [1.82, 2.24) is 0 Å². The first-order valence-electron chi connectivity index (χ1n) is 2.16. The fourth-order valence-electron chi connectivity index (χ4n) is 0.207. The standard InChI is InChI=1S/C5H3Cl3O2/c6-3(5(7)8)1-2-4(9)10/h1-2H,(H,9,10)/b2-1+. The lowest BCUT2D eigenvalue weighted by molar-refractivity contribution is -0.131. The minimum Gasteiger partial charge on any atom is -0.478 e. The van der Waals surface area contributed by atoms with Crippen molar-refractivity contribution in [1.29, 1.82) is 0 Å². The van der Waals surface area contributed by atoms with Gasteiger partial charge < -0.3 is 5.11 Å². The minimum absolute atomic E-state index is 0.00531. The largest absolute Gasteiger partial charge is 0.478 e. The zero-order chi connectivity index (χ0) is 8.15. The number of hydrogen-bond acceptors (Lipinski definition) is 1. The minimum atomic E-state index is -1.10. The number of carboxylic acid groups (broad SMARTS) is 1. The fraction of sp³-hybridized carbons (Fsp3) is 0. The molecule has 0 saturated carbocycles. The molecule has 0 aliphatic rings. The maximum atomic E-state index is 9.87. The number of hydrogen-bond donors (Lipinski definition) is 1. The molecule has 0 aromatic carbocycles. The maximum absolute atomic E-state index is 9.87. The second-order valence-electron chi connectivity index (χ2n) is 1.28. The van der Waals surface area contributed by atoms with Gasteiger partial charge in [0.05, 0.1) is 5.03 Å². The van der Waals surface area contributed by atoms with E-state index in [1.807, 2.05) is 0 Å². The van der Waals surface area contributed by atoms with Gasteiger partial charge in [0, 0.05) is 6.08 Å². The van der Waals surface area contributed by atoms with Crippen molar-refractivity contribution in [2.24, 2.45) is 0 Å². The Hall–Kier alpha value is -0.180. The van der Waals surface area contributed by atoms with E-state index in [0.717, 1.165) is 12.2 Å². The van der Waals surface area contributed by atoms with Crippen LogP contribution in [0.2, 0.25) is 0 Å². The van der Waals surface area contributed by atoms with E-state index in [1.165, 1.54) is 0 Å². The molecule has 0 spiro atoms. The number of halogens is 3. The number of allylic oxidation sites excluding steroid dienone is 2. The van der Waals surface area contributed by atoms with Crippen LogP contribution in [0.15, 0.2) is 21.7 Å². The van der Waals surface area contributed by atoms with E-state index in [1.54, 1.807) is 0 Å². The molecule has 0 fully saturated rings. The van der Waals surface area contributed by atoms with Crippen molar-refractivity contribution in [3.8, 4) is 0 Å². The molecule has 0 radical (unpaired) electrons. The number of rotatable bonds is 2. The van der Waals surface area contributed by atoms with Crippen LogP contribution in [0.4, 0.5) is 0 Å². The molecule has 0 bridgehead atoms. The first-order valence-corrected chi connectivity index (χ1v) is 3.29. The molecule has 0 aromatic heterocycles. The summed E-state index contributed by atoms with van der Waals surface area (Å²) in [6, 6.07) is 0. The summed E-state index contributed by atoms with van der Waals surface area (Å²) < 4.78 is -0.154. The summed E-state index contributed by atoms with van der Waals surface area (Å²) in [5, 5.41) is 8.10. The molecule has 2 nitrogen and oxygen atoms in total. The average molecular weight is 201 g/mol. The second kappa shape index (κ2) is 4.61. The normalized spacial score (nSPS) is 9.90. The molecule has 0 aliphatic heterocycles. The monoisotopic (exact) mass is 200 g/mol. The number of aliphatic carboxylic acids is 1. The lowest BCUT2D eigenvalue weighted by atomic mass is 10.5. The zero-order valence-electron chi connectivity index (χ0n) is 4.64. The Labute approximate surface area is 72.7 Å². The molecule has 0 saturated heterocycles. The molecule has 0 heterocycles. The van der Waals surface area contributed by atoms with Gasteiger partial charge in [-0.15, -0.1) is 0 Å². The molecule has 0 aromatic rings. The first kappa shape index (κ1) is 9.82. The summed E-state index contributed by atoms with van der Waals surface area (Å²) in [4.78, 5) is 9.87. The van der Waals surface area contributed by atoms with Crippen molar-refractivity contribution in [3.63, 3.8) is 0 Å². The average Bonchev–Trinajstić information content (AvgIpc) is 1.82. The molecule has 1 N–H and O–H groups in total. The van der Waals surface area contributed by atoms with E-state index in [0.29, 0.717) is 0 Å². The molecular formula is C5H3Cl3O2. The van der Waals surface area contributed by atoms with Gasteiger partial charge in [-0.25, -0.2) is 4.79 Å². The third kappa shape index (κ3) is 4.68. The van der Waals surface area contributed by atoms with Gasteiger partial charge in [-0.1, -0.05) is 34.8 Å². The summed E-state index contributed by atoms with van der Waals surface area (Å²) in [5.74, 6) is -1.10. The Morgan fingerprint density at radius 1 is 1.20 bits per heavy atom. The summed E-state index contributed by atoms with van der Waals surface area (Å²) in [6.45, 7) is 0. The van der Waals surface area contributed by atoms with Gasteiger partial charge in [-0.05, 0) is 6.08 Å². The third-order valence-corrected chi connectivity index (χ3v) is 1.47. The fourth-order valence-corrected chi connectivity index (χ4v) is 0.396. The molecular weight excluding hydrogens is 198 g/mol. The van der Waals surface area contributed by atoms with E-state index >= 15 is 0 Å². The van der Waals surface area contributed by atoms with Crippen LogP contribution in [-0.4, -0.2) is 11.1 Å². The Morgan fingerprint density at radius 3 is 2.00 bits per heavy atom. The van der Waals surface area contributed by atoms with Gasteiger partial charge in [0.15, 0.2) is 0 Å². The SMILES string of the molecule is O=C(O)/C=C/C(Cl)=C(Cl)Cl. The maximum Gasteiger partial charge on any atom is 0.328 e. The topological polar surface area (TPSA) is 37.3 Å².